The Bertz CT molecular complexity index is 678. The fourth-order valence-electron chi connectivity index (χ4n) is 2.48. The summed E-state index contributed by atoms with van der Waals surface area (Å²) in [7, 11) is 0. The first-order valence-corrected chi connectivity index (χ1v) is 8.14. The van der Waals surface area contributed by atoms with Crippen LogP contribution in [0.3, 0.4) is 0 Å². The summed E-state index contributed by atoms with van der Waals surface area (Å²) < 4.78 is 5.21. The maximum absolute atomic E-state index is 12.5. The summed E-state index contributed by atoms with van der Waals surface area (Å²) >= 11 is 0. The van der Waals surface area contributed by atoms with Crippen LogP contribution >= 0.6 is 0 Å². The Hall–Kier alpha value is -2.56. The van der Waals surface area contributed by atoms with Gasteiger partial charge >= 0.3 is 0 Å². The van der Waals surface area contributed by atoms with E-state index in [1.165, 1.54) is 0 Å². The average molecular weight is 328 g/mol. The van der Waals surface area contributed by atoms with Gasteiger partial charge in [-0.3, -0.25) is 9.59 Å². The molecule has 5 nitrogen and oxygen atoms in total. The van der Waals surface area contributed by atoms with Gasteiger partial charge in [0.1, 0.15) is 11.8 Å². The smallest absolute Gasteiger partial charge is 0.252 e. The highest BCUT2D eigenvalue weighted by Crippen LogP contribution is 2.10. The largest absolute Gasteiger partial charge is 0.467 e. The van der Waals surface area contributed by atoms with Crippen molar-refractivity contribution in [2.24, 2.45) is 5.92 Å². The van der Waals surface area contributed by atoms with Crippen LogP contribution in [-0.4, -0.2) is 17.9 Å². The molecule has 2 rings (SSSR count). The molecule has 2 N–H and O–H groups in total. The van der Waals surface area contributed by atoms with Gasteiger partial charge in [0.2, 0.25) is 5.91 Å². The normalized spacial score (nSPS) is 12.0. The molecule has 0 aliphatic rings. The van der Waals surface area contributed by atoms with Crippen LogP contribution in [0.2, 0.25) is 0 Å². The Morgan fingerprint density at radius 2 is 1.88 bits per heavy atom. The van der Waals surface area contributed by atoms with Crippen LogP contribution in [0.15, 0.2) is 47.1 Å². The van der Waals surface area contributed by atoms with Crippen LogP contribution in [0.5, 0.6) is 0 Å². The zero-order valence-electron chi connectivity index (χ0n) is 14.3. The molecule has 2 aromatic rings. The molecule has 5 heteroatoms. The first-order chi connectivity index (χ1) is 11.5. The third kappa shape index (κ3) is 4.98. The molecule has 0 saturated heterocycles. The molecule has 0 bridgehead atoms. The molecule has 1 aromatic heterocycles. The lowest BCUT2D eigenvalue weighted by Crippen LogP contribution is -2.47. The minimum Gasteiger partial charge on any atom is -0.467 e. The topological polar surface area (TPSA) is 71.3 Å². The zero-order valence-corrected chi connectivity index (χ0v) is 14.3. The molecule has 0 spiro atoms. The number of carbonyl (C=O) groups is 2. The maximum Gasteiger partial charge on any atom is 0.252 e. The number of nitrogens with one attached hydrogen (secondary N) is 2. The molecule has 0 fully saturated rings. The summed E-state index contributed by atoms with van der Waals surface area (Å²) in [5.41, 5.74) is 1.47. The van der Waals surface area contributed by atoms with Crippen LogP contribution < -0.4 is 10.6 Å². The van der Waals surface area contributed by atoms with Gasteiger partial charge in [-0.1, -0.05) is 32.0 Å². The van der Waals surface area contributed by atoms with E-state index in [0.717, 1.165) is 5.56 Å². The molecule has 128 valence electrons. The van der Waals surface area contributed by atoms with E-state index in [0.29, 0.717) is 24.3 Å². The van der Waals surface area contributed by atoms with E-state index >= 15 is 0 Å². The van der Waals surface area contributed by atoms with Gasteiger partial charge in [-0.15, -0.1) is 0 Å². The lowest BCUT2D eigenvalue weighted by atomic mass is 10.0. The molecule has 1 aromatic carbocycles. The highest BCUT2D eigenvalue weighted by Gasteiger charge is 2.23. The Balaban J connectivity index is 2.03. The Morgan fingerprint density at radius 3 is 2.50 bits per heavy atom. The zero-order chi connectivity index (χ0) is 17.5. The molecule has 0 radical (unpaired) electrons. The number of amides is 2. The summed E-state index contributed by atoms with van der Waals surface area (Å²) in [4.78, 5) is 24.9. The minimum atomic E-state index is -0.577. The van der Waals surface area contributed by atoms with Crippen LogP contribution in [0, 0.1) is 12.8 Å². The van der Waals surface area contributed by atoms with Crippen molar-refractivity contribution in [3.8, 4) is 0 Å². The van der Waals surface area contributed by atoms with Crippen molar-refractivity contribution in [3.05, 3.63) is 59.5 Å². The van der Waals surface area contributed by atoms with Gasteiger partial charge in [0, 0.05) is 5.56 Å². The monoisotopic (exact) mass is 328 g/mol. The molecule has 24 heavy (non-hydrogen) atoms. The van der Waals surface area contributed by atoms with E-state index in [-0.39, 0.29) is 17.7 Å². The third-order valence-corrected chi connectivity index (χ3v) is 3.74. The van der Waals surface area contributed by atoms with Crippen molar-refractivity contribution in [2.45, 2.75) is 39.8 Å². The lowest BCUT2D eigenvalue weighted by Gasteiger charge is -2.20. The summed E-state index contributed by atoms with van der Waals surface area (Å²) in [6.07, 6.45) is 2.13. The van der Waals surface area contributed by atoms with Crippen molar-refractivity contribution in [1.29, 1.82) is 0 Å². The van der Waals surface area contributed by atoms with E-state index in [1.54, 1.807) is 24.5 Å². The standard InChI is InChI=1S/C19H24N2O3/c1-13(2)11-17(19(23)20-12-15-8-6-10-24-15)21-18(22)16-9-5-4-7-14(16)3/h4-10,13,17H,11-12H2,1-3H3,(H,20,23)(H,21,22). The second-order valence-electron chi connectivity index (χ2n) is 6.27. The molecular weight excluding hydrogens is 304 g/mol. The van der Waals surface area contributed by atoms with Gasteiger partial charge in [0.05, 0.1) is 12.8 Å². The van der Waals surface area contributed by atoms with E-state index in [1.807, 2.05) is 39.0 Å². The van der Waals surface area contributed by atoms with E-state index in [4.69, 9.17) is 4.42 Å². The first-order valence-electron chi connectivity index (χ1n) is 8.14. The van der Waals surface area contributed by atoms with Crippen LogP contribution in [0.4, 0.5) is 0 Å². The molecule has 2 amide bonds. The summed E-state index contributed by atoms with van der Waals surface area (Å²) in [6, 6.07) is 10.3. The van der Waals surface area contributed by atoms with Crippen molar-refractivity contribution < 1.29 is 14.0 Å². The lowest BCUT2D eigenvalue weighted by molar-refractivity contribution is -0.123. The van der Waals surface area contributed by atoms with Gasteiger partial charge in [-0.05, 0) is 43.0 Å². The number of carbonyl (C=O) groups excluding carboxylic acids is 2. The van der Waals surface area contributed by atoms with Gasteiger partial charge < -0.3 is 15.1 Å². The summed E-state index contributed by atoms with van der Waals surface area (Å²) in [6.45, 7) is 6.23. The number of furan rings is 1. The molecular formula is C19H24N2O3. The van der Waals surface area contributed by atoms with Crippen molar-refractivity contribution >= 4 is 11.8 Å². The van der Waals surface area contributed by atoms with E-state index < -0.39 is 6.04 Å². The van der Waals surface area contributed by atoms with Crippen LogP contribution in [0.25, 0.3) is 0 Å². The Morgan fingerprint density at radius 1 is 1.12 bits per heavy atom. The van der Waals surface area contributed by atoms with Crippen LogP contribution in [0.1, 0.15) is 41.9 Å². The van der Waals surface area contributed by atoms with Crippen LogP contribution in [-0.2, 0) is 11.3 Å². The summed E-state index contributed by atoms with van der Waals surface area (Å²) in [5, 5.41) is 5.67. The Labute approximate surface area is 142 Å². The maximum atomic E-state index is 12.5. The highest BCUT2D eigenvalue weighted by molar-refractivity contribution is 5.98. The first kappa shape index (κ1) is 17.8. The van der Waals surface area contributed by atoms with E-state index in [2.05, 4.69) is 10.6 Å². The predicted molar refractivity (Wildman–Crippen MR) is 92.4 cm³/mol. The fourth-order valence-corrected chi connectivity index (χ4v) is 2.48. The number of benzene rings is 1. The molecule has 0 saturated carbocycles. The van der Waals surface area contributed by atoms with Gasteiger partial charge in [0.25, 0.3) is 5.91 Å². The number of hydrogen-bond acceptors (Lipinski definition) is 3. The van der Waals surface area contributed by atoms with Gasteiger partial charge in [-0.25, -0.2) is 0 Å². The molecule has 1 unspecified atom stereocenters. The quantitative estimate of drug-likeness (QED) is 0.820. The van der Waals surface area contributed by atoms with Crippen molar-refractivity contribution in [3.63, 3.8) is 0 Å². The molecule has 1 atom stereocenters. The number of hydrogen-bond donors (Lipinski definition) is 2. The second kappa shape index (κ2) is 8.34. The minimum absolute atomic E-state index is 0.206. The predicted octanol–water partition coefficient (Wildman–Crippen LogP) is 3.05. The number of rotatable bonds is 7. The van der Waals surface area contributed by atoms with Gasteiger partial charge in [-0.2, -0.15) is 0 Å². The van der Waals surface area contributed by atoms with Crippen molar-refractivity contribution in [1.82, 2.24) is 10.6 Å². The SMILES string of the molecule is Cc1ccccc1C(=O)NC(CC(C)C)C(=O)NCc1ccco1. The summed E-state index contributed by atoms with van der Waals surface area (Å²) in [5.74, 6) is 0.521. The molecule has 0 aliphatic heterocycles. The van der Waals surface area contributed by atoms with Gasteiger partial charge in [0.15, 0.2) is 0 Å². The second-order valence-corrected chi connectivity index (χ2v) is 6.27. The average Bonchev–Trinajstić information content (AvgIpc) is 3.05. The Kier molecular flexibility index (Phi) is 6.18. The fraction of sp³-hybridized carbons (Fsp3) is 0.368. The van der Waals surface area contributed by atoms with E-state index in [9.17, 15) is 9.59 Å². The third-order valence-electron chi connectivity index (χ3n) is 3.74. The van der Waals surface area contributed by atoms with Crippen molar-refractivity contribution in [2.75, 3.05) is 0 Å². The molecule has 0 aliphatic carbocycles. The highest BCUT2D eigenvalue weighted by atomic mass is 16.3. The number of aryl methyl sites for hydroxylation is 1. The molecule has 1 heterocycles.